The molecule has 23 heavy (non-hydrogen) atoms. The van der Waals surface area contributed by atoms with Crippen molar-refractivity contribution in [1.82, 2.24) is 5.32 Å². The maximum absolute atomic E-state index is 12.3. The number of halogens is 1. The van der Waals surface area contributed by atoms with Gasteiger partial charge < -0.3 is 15.8 Å². The molecular formula is C18H29ClN2O2. The fourth-order valence-corrected chi connectivity index (χ4v) is 2.96. The van der Waals surface area contributed by atoms with Gasteiger partial charge in [-0.15, -0.1) is 12.4 Å². The van der Waals surface area contributed by atoms with E-state index >= 15 is 0 Å². The van der Waals surface area contributed by atoms with Crippen molar-refractivity contribution in [3.8, 4) is 5.75 Å². The summed E-state index contributed by atoms with van der Waals surface area (Å²) in [7, 11) is 0. The average Bonchev–Trinajstić information content (AvgIpc) is 2.52. The van der Waals surface area contributed by atoms with E-state index in [0.29, 0.717) is 6.54 Å². The number of aryl methyl sites for hydroxylation is 1. The zero-order valence-electron chi connectivity index (χ0n) is 14.1. The summed E-state index contributed by atoms with van der Waals surface area (Å²) < 4.78 is 6.01. The highest BCUT2D eigenvalue weighted by molar-refractivity contribution is 5.85. The number of nitrogens with two attached hydrogens (primary N) is 1. The van der Waals surface area contributed by atoms with Crippen LogP contribution >= 0.6 is 12.4 Å². The molecule has 1 aliphatic rings. The molecule has 3 unspecified atom stereocenters. The lowest BCUT2D eigenvalue weighted by atomic mass is 9.85. The van der Waals surface area contributed by atoms with Crippen LogP contribution in [0.25, 0.3) is 0 Å². The first-order chi connectivity index (χ1) is 10.6. The summed E-state index contributed by atoms with van der Waals surface area (Å²) in [5.41, 5.74) is 7.08. The number of nitrogens with one attached hydrogen (secondary N) is 1. The van der Waals surface area contributed by atoms with E-state index < -0.39 is 0 Å². The fourth-order valence-electron chi connectivity index (χ4n) is 2.96. The number of rotatable bonds is 6. The summed E-state index contributed by atoms with van der Waals surface area (Å²) in [6, 6.07) is 8.15. The molecule has 0 aliphatic heterocycles. The van der Waals surface area contributed by atoms with Crippen molar-refractivity contribution < 1.29 is 9.53 Å². The molecular weight excluding hydrogens is 312 g/mol. The van der Waals surface area contributed by atoms with Crippen molar-refractivity contribution in [3.05, 3.63) is 29.8 Å². The van der Waals surface area contributed by atoms with Gasteiger partial charge in [0.2, 0.25) is 5.91 Å². The topological polar surface area (TPSA) is 64.4 Å². The standard InChI is InChI=1S/C18H28N2O2.ClH/c1-3-16(22-17-10-5-4-7-13(17)2)12-20-18(21)14-8-6-9-15(19)11-14;/h4-5,7,10,14-16H,3,6,8-9,11-12,19H2,1-2H3,(H,20,21);1H. The molecule has 0 saturated heterocycles. The van der Waals surface area contributed by atoms with Crippen LogP contribution in [0.1, 0.15) is 44.6 Å². The first-order valence-corrected chi connectivity index (χ1v) is 8.35. The van der Waals surface area contributed by atoms with E-state index in [9.17, 15) is 4.79 Å². The minimum absolute atomic E-state index is 0. The number of benzene rings is 1. The van der Waals surface area contributed by atoms with Gasteiger partial charge in [0.1, 0.15) is 11.9 Å². The van der Waals surface area contributed by atoms with Crippen LogP contribution in [0.2, 0.25) is 0 Å². The fraction of sp³-hybridized carbons (Fsp3) is 0.611. The second-order valence-electron chi connectivity index (χ2n) is 6.28. The van der Waals surface area contributed by atoms with Gasteiger partial charge in [-0.3, -0.25) is 4.79 Å². The molecule has 0 spiro atoms. The van der Waals surface area contributed by atoms with Gasteiger partial charge in [-0.05, 0) is 44.2 Å². The second kappa shape index (κ2) is 9.78. The first kappa shape index (κ1) is 19.8. The van der Waals surface area contributed by atoms with E-state index in [4.69, 9.17) is 10.5 Å². The molecule has 130 valence electrons. The highest BCUT2D eigenvalue weighted by Gasteiger charge is 2.25. The van der Waals surface area contributed by atoms with E-state index in [2.05, 4.69) is 12.2 Å². The molecule has 1 aliphatic carbocycles. The SMILES string of the molecule is CCC(CNC(=O)C1CCCC(N)C1)Oc1ccccc1C.Cl. The number of amides is 1. The normalized spacial score (nSPS) is 21.9. The van der Waals surface area contributed by atoms with E-state index in [0.717, 1.165) is 43.4 Å². The molecule has 4 nitrogen and oxygen atoms in total. The Balaban J connectivity index is 0.00000264. The molecule has 2 rings (SSSR count). The largest absolute Gasteiger partial charge is 0.488 e. The van der Waals surface area contributed by atoms with Crippen LogP contribution in [0.5, 0.6) is 5.75 Å². The maximum Gasteiger partial charge on any atom is 0.223 e. The molecule has 1 saturated carbocycles. The van der Waals surface area contributed by atoms with E-state index in [1.165, 1.54) is 0 Å². The Kier molecular flexibility index (Phi) is 8.42. The minimum atomic E-state index is 0. The van der Waals surface area contributed by atoms with Crippen LogP contribution in [-0.2, 0) is 4.79 Å². The number of ether oxygens (including phenoxy) is 1. The molecule has 0 bridgehead atoms. The van der Waals surface area contributed by atoms with Crippen LogP contribution in [0.4, 0.5) is 0 Å². The summed E-state index contributed by atoms with van der Waals surface area (Å²) >= 11 is 0. The summed E-state index contributed by atoms with van der Waals surface area (Å²) in [5, 5.41) is 3.04. The lowest BCUT2D eigenvalue weighted by Crippen LogP contribution is -2.41. The summed E-state index contributed by atoms with van der Waals surface area (Å²) in [4.78, 5) is 12.3. The summed E-state index contributed by atoms with van der Waals surface area (Å²) in [5.74, 6) is 1.09. The van der Waals surface area contributed by atoms with Gasteiger partial charge >= 0.3 is 0 Å². The Morgan fingerprint density at radius 2 is 2.13 bits per heavy atom. The van der Waals surface area contributed by atoms with Gasteiger partial charge in [0, 0.05) is 12.0 Å². The quantitative estimate of drug-likeness (QED) is 0.835. The Hall–Kier alpha value is -1.26. The van der Waals surface area contributed by atoms with Gasteiger partial charge in [0.15, 0.2) is 0 Å². The third-order valence-electron chi connectivity index (χ3n) is 4.43. The molecule has 3 atom stereocenters. The van der Waals surface area contributed by atoms with Gasteiger partial charge in [-0.1, -0.05) is 31.5 Å². The zero-order chi connectivity index (χ0) is 15.9. The number of carbonyl (C=O) groups excluding carboxylic acids is 1. The smallest absolute Gasteiger partial charge is 0.223 e. The molecule has 0 radical (unpaired) electrons. The lowest BCUT2D eigenvalue weighted by molar-refractivity contribution is -0.126. The van der Waals surface area contributed by atoms with Gasteiger partial charge in [0.25, 0.3) is 0 Å². The molecule has 0 aromatic heterocycles. The Labute approximate surface area is 145 Å². The number of carbonyl (C=O) groups is 1. The van der Waals surface area contributed by atoms with Crippen LogP contribution in [0, 0.1) is 12.8 Å². The Bertz CT molecular complexity index is 496. The van der Waals surface area contributed by atoms with Gasteiger partial charge in [-0.2, -0.15) is 0 Å². The maximum atomic E-state index is 12.3. The molecule has 5 heteroatoms. The minimum Gasteiger partial charge on any atom is -0.488 e. The third kappa shape index (κ3) is 6.04. The monoisotopic (exact) mass is 340 g/mol. The van der Waals surface area contributed by atoms with Crippen molar-refractivity contribution in [1.29, 1.82) is 0 Å². The first-order valence-electron chi connectivity index (χ1n) is 8.35. The van der Waals surface area contributed by atoms with E-state index in [1.54, 1.807) is 0 Å². The van der Waals surface area contributed by atoms with Crippen molar-refractivity contribution in [2.24, 2.45) is 11.7 Å². The summed E-state index contributed by atoms with van der Waals surface area (Å²) in [6.45, 7) is 4.66. The van der Waals surface area contributed by atoms with Crippen molar-refractivity contribution in [2.45, 2.75) is 58.1 Å². The third-order valence-corrected chi connectivity index (χ3v) is 4.43. The Morgan fingerprint density at radius 3 is 2.78 bits per heavy atom. The molecule has 0 heterocycles. The van der Waals surface area contributed by atoms with Crippen molar-refractivity contribution >= 4 is 18.3 Å². The molecule has 1 aromatic rings. The number of para-hydroxylation sites is 1. The van der Waals surface area contributed by atoms with E-state index in [-0.39, 0.29) is 36.4 Å². The van der Waals surface area contributed by atoms with Gasteiger partial charge in [0.05, 0.1) is 6.54 Å². The molecule has 1 fully saturated rings. The summed E-state index contributed by atoms with van der Waals surface area (Å²) in [6.07, 6.45) is 4.71. The molecule has 1 amide bonds. The predicted molar refractivity (Wildman–Crippen MR) is 96.1 cm³/mol. The number of hydrogen-bond acceptors (Lipinski definition) is 3. The lowest BCUT2D eigenvalue weighted by Gasteiger charge is -2.26. The Morgan fingerprint density at radius 1 is 1.39 bits per heavy atom. The average molecular weight is 341 g/mol. The second-order valence-corrected chi connectivity index (χ2v) is 6.28. The predicted octanol–water partition coefficient (Wildman–Crippen LogP) is 3.21. The van der Waals surface area contributed by atoms with Crippen molar-refractivity contribution in [3.63, 3.8) is 0 Å². The van der Waals surface area contributed by atoms with Crippen LogP contribution in [0.3, 0.4) is 0 Å². The molecule has 3 N–H and O–H groups in total. The number of hydrogen-bond donors (Lipinski definition) is 2. The zero-order valence-corrected chi connectivity index (χ0v) is 14.9. The highest BCUT2D eigenvalue weighted by Crippen LogP contribution is 2.23. The van der Waals surface area contributed by atoms with Crippen molar-refractivity contribution in [2.75, 3.05) is 6.54 Å². The highest BCUT2D eigenvalue weighted by atomic mass is 35.5. The van der Waals surface area contributed by atoms with E-state index in [1.807, 2.05) is 31.2 Å². The van der Waals surface area contributed by atoms with Crippen LogP contribution < -0.4 is 15.8 Å². The van der Waals surface area contributed by atoms with Gasteiger partial charge in [-0.25, -0.2) is 0 Å². The van der Waals surface area contributed by atoms with Crippen LogP contribution in [-0.4, -0.2) is 24.6 Å². The molecule has 1 aromatic carbocycles. The van der Waals surface area contributed by atoms with Crippen LogP contribution in [0.15, 0.2) is 24.3 Å².